The van der Waals surface area contributed by atoms with Gasteiger partial charge in [-0.15, -0.1) is 11.6 Å². The van der Waals surface area contributed by atoms with Crippen molar-refractivity contribution < 1.29 is 13.9 Å². The van der Waals surface area contributed by atoms with Gasteiger partial charge in [0.05, 0.1) is 24.0 Å². The number of methoxy groups -OCH3 is 1. The number of likely N-dealkylation sites (N-methyl/N-ethyl adjacent to an activating group) is 1. The topological polar surface area (TPSA) is 56.2 Å². The van der Waals surface area contributed by atoms with E-state index in [1.807, 2.05) is 6.92 Å². The second-order valence-electron chi connectivity index (χ2n) is 4.58. The first-order valence-corrected chi connectivity index (χ1v) is 7.14. The SMILES string of the molecule is CCNC(=O)C(C)n1c(CCl)nc2cc(F)c(OC)cc21. The highest BCUT2D eigenvalue weighted by atomic mass is 35.5. The molecule has 0 saturated heterocycles. The fraction of sp³-hybridized carbons (Fsp3) is 0.429. The molecule has 0 aliphatic heterocycles. The highest BCUT2D eigenvalue weighted by molar-refractivity contribution is 6.17. The second kappa shape index (κ2) is 6.30. The summed E-state index contributed by atoms with van der Waals surface area (Å²) in [6.07, 6.45) is 0. The molecule has 1 N–H and O–H groups in total. The number of ether oxygens (including phenoxy) is 1. The molecule has 0 aliphatic carbocycles. The van der Waals surface area contributed by atoms with E-state index in [0.29, 0.717) is 23.4 Å². The first-order valence-electron chi connectivity index (χ1n) is 6.61. The Bertz CT molecular complexity index is 672. The lowest BCUT2D eigenvalue weighted by atomic mass is 10.2. The number of hydrogen-bond donors (Lipinski definition) is 1. The molecule has 2 rings (SSSR count). The highest BCUT2D eigenvalue weighted by Crippen LogP contribution is 2.28. The summed E-state index contributed by atoms with van der Waals surface area (Å²) in [6, 6.07) is 2.31. The van der Waals surface area contributed by atoms with Crippen molar-refractivity contribution in [2.75, 3.05) is 13.7 Å². The van der Waals surface area contributed by atoms with E-state index < -0.39 is 11.9 Å². The molecule has 1 amide bonds. The summed E-state index contributed by atoms with van der Waals surface area (Å²) in [4.78, 5) is 16.4. The number of carbonyl (C=O) groups is 1. The molecule has 21 heavy (non-hydrogen) atoms. The fourth-order valence-electron chi connectivity index (χ4n) is 2.27. The third-order valence-electron chi connectivity index (χ3n) is 3.27. The van der Waals surface area contributed by atoms with Crippen LogP contribution in [0.15, 0.2) is 12.1 Å². The van der Waals surface area contributed by atoms with Crippen molar-refractivity contribution in [1.29, 1.82) is 0 Å². The molecule has 1 heterocycles. The van der Waals surface area contributed by atoms with E-state index in [1.54, 1.807) is 11.5 Å². The van der Waals surface area contributed by atoms with Gasteiger partial charge >= 0.3 is 0 Å². The van der Waals surface area contributed by atoms with Crippen molar-refractivity contribution in [3.63, 3.8) is 0 Å². The minimum absolute atomic E-state index is 0.105. The molecule has 1 aromatic heterocycles. The zero-order valence-electron chi connectivity index (χ0n) is 12.1. The summed E-state index contributed by atoms with van der Waals surface area (Å²) in [5, 5.41) is 2.75. The monoisotopic (exact) mass is 313 g/mol. The van der Waals surface area contributed by atoms with Gasteiger partial charge in [-0.3, -0.25) is 4.79 Å². The molecule has 1 unspecified atom stereocenters. The molecular formula is C14H17ClFN3O2. The summed E-state index contributed by atoms with van der Waals surface area (Å²) < 4.78 is 20.5. The Morgan fingerprint density at radius 2 is 2.29 bits per heavy atom. The number of imidazole rings is 1. The van der Waals surface area contributed by atoms with Crippen molar-refractivity contribution in [3.8, 4) is 5.75 Å². The van der Waals surface area contributed by atoms with Gasteiger partial charge in [-0.25, -0.2) is 9.37 Å². The Kier molecular flexibility index (Phi) is 4.67. The van der Waals surface area contributed by atoms with Gasteiger partial charge in [0.2, 0.25) is 5.91 Å². The van der Waals surface area contributed by atoms with E-state index in [4.69, 9.17) is 16.3 Å². The third kappa shape index (κ3) is 2.81. The summed E-state index contributed by atoms with van der Waals surface area (Å²) >= 11 is 5.90. The molecule has 5 nitrogen and oxygen atoms in total. The lowest BCUT2D eigenvalue weighted by Gasteiger charge is -2.16. The molecule has 0 bridgehead atoms. The number of fused-ring (bicyclic) bond motifs is 1. The molecular weight excluding hydrogens is 297 g/mol. The predicted molar refractivity (Wildman–Crippen MR) is 79.2 cm³/mol. The van der Waals surface area contributed by atoms with Gasteiger partial charge in [0.15, 0.2) is 11.6 Å². The normalized spacial score (nSPS) is 12.4. The molecule has 0 fully saturated rings. The van der Waals surface area contributed by atoms with Crippen molar-refractivity contribution in [2.24, 2.45) is 0 Å². The molecule has 0 spiro atoms. The van der Waals surface area contributed by atoms with E-state index in [0.717, 1.165) is 0 Å². The Hall–Kier alpha value is -1.82. The number of alkyl halides is 1. The van der Waals surface area contributed by atoms with Crippen molar-refractivity contribution in [3.05, 3.63) is 23.8 Å². The molecule has 2 aromatic rings. The van der Waals surface area contributed by atoms with Gasteiger partial charge < -0.3 is 14.6 Å². The smallest absolute Gasteiger partial charge is 0.242 e. The molecule has 7 heteroatoms. The standard InChI is InChI=1S/C14H17ClFN3O2/c1-4-17-14(20)8(2)19-11-6-12(21-3)9(16)5-10(11)18-13(19)7-15/h5-6,8H,4,7H2,1-3H3,(H,17,20). The van der Waals surface area contributed by atoms with Crippen LogP contribution in [0.25, 0.3) is 11.0 Å². The van der Waals surface area contributed by atoms with Crippen molar-refractivity contribution in [1.82, 2.24) is 14.9 Å². The van der Waals surface area contributed by atoms with Crippen LogP contribution >= 0.6 is 11.6 Å². The molecule has 0 aliphatic rings. The van der Waals surface area contributed by atoms with Crippen LogP contribution in [0.2, 0.25) is 0 Å². The number of nitrogens with zero attached hydrogens (tertiary/aromatic N) is 2. The van der Waals surface area contributed by atoms with Crippen LogP contribution in [0.1, 0.15) is 25.7 Å². The first kappa shape index (κ1) is 15.6. The maximum atomic E-state index is 13.8. The quantitative estimate of drug-likeness (QED) is 0.863. The van der Waals surface area contributed by atoms with E-state index in [9.17, 15) is 9.18 Å². The van der Waals surface area contributed by atoms with Gasteiger partial charge in [0.1, 0.15) is 11.9 Å². The number of halogens is 2. The summed E-state index contributed by atoms with van der Waals surface area (Å²) in [7, 11) is 1.39. The second-order valence-corrected chi connectivity index (χ2v) is 4.84. The van der Waals surface area contributed by atoms with Gasteiger partial charge in [0.25, 0.3) is 0 Å². The minimum Gasteiger partial charge on any atom is -0.494 e. The Balaban J connectivity index is 2.62. The Morgan fingerprint density at radius 1 is 1.57 bits per heavy atom. The maximum absolute atomic E-state index is 13.8. The van der Waals surface area contributed by atoms with Crippen LogP contribution in [0.3, 0.4) is 0 Å². The van der Waals surface area contributed by atoms with Crippen LogP contribution < -0.4 is 10.1 Å². The average Bonchev–Trinajstić information content (AvgIpc) is 2.82. The lowest BCUT2D eigenvalue weighted by molar-refractivity contribution is -0.123. The summed E-state index contributed by atoms with van der Waals surface area (Å²) in [6.45, 7) is 4.12. The fourth-order valence-corrected chi connectivity index (χ4v) is 2.46. The van der Waals surface area contributed by atoms with E-state index in [1.165, 1.54) is 19.2 Å². The zero-order chi connectivity index (χ0) is 15.6. The first-order chi connectivity index (χ1) is 10.0. The summed E-state index contributed by atoms with van der Waals surface area (Å²) in [5.41, 5.74) is 1.06. The zero-order valence-corrected chi connectivity index (χ0v) is 12.9. The number of hydrogen-bond acceptors (Lipinski definition) is 3. The van der Waals surface area contributed by atoms with Crippen LogP contribution in [-0.4, -0.2) is 29.1 Å². The number of nitrogens with one attached hydrogen (secondary N) is 1. The molecule has 0 radical (unpaired) electrons. The number of amides is 1. The lowest BCUT2D eigenvalue weighted by Crippen LogP contribution is -2.31. The van der Waals surface area contributed by atoms with Crippen molar-refractivity contribution in [2.45, 2.75) is 25.8 Å². The van der Waals surface area contributed by atoms with Crippen molar-refractivity contribution >= 4 is 28.5 Å². The van der Waals surface area contributed by atoms with E-state index in [-0.39, 0.29) is 17.5 Å². The maximum Gasteiger partial charge on any atom is 0.242 e. The Labute approximate surface area is 127 Å². The van der Waals surface area contributed by atoms with E-state index in [2.05, 4.69) is 10.3 Å². The minimum atomic E-state index is -0.501. The van der Waals surface area contributed by atoms with Gasteiger partial charge in [-0.1, -0.05) is 0 Å². The van der Waals surface area contributed by atoms with Crippen LogP contribution in [0.5, 0.6) is 5.75 Å². The molecule has 1 aromatic carbocycles. The predicted octanol–water partition coefficient (Wildman–Crippen LogP) is 2.62. The number of rotatable bonds is 5. The number of aromatic nitrogens is 2. The largest absolute Gasteiger partial charge is 0.494 e. The average molecular weight is 314 g/mol. The Morgan fingerprint density at radius 3 is 2.86 bits per heavy atom. The number of benzene rings is 1. The van der Waals surface area contributed by atoms with Crippen LogP contribution in [0, 0.1) is 5.82 Å². The van der Waals surface area contributed by atoms with Gasteiger partial charge in [0, 0.05) is 18.7 Å². The van der Waals surface area contributed by atoms with Gasteiger partial charge in [-0.2, -0.15) is 0 Å². The molecule has 1 atom stereocenters. The van der Waals surface area contributed by atoms with Gasteiger partial charge in [-0.05, 0) is 13.8 Å². The summed E-state index contributed by atoms with van der Waals surface area (Å²) in [5.74, 6) is 0.0985. The highest BCUT2D eigenvalue weighted by Gasteiger charge is 2.22. The van der Waals surface area contributed by atoms with E-state index >= 15 is 0 Å². The van der Waals surface area contributed by atoms with Crippen LogP contribution in [-0.2, 0) is 10.7 Å². The third-order valence-corrected chi connectivity index (χ3v) is 3.51. The molecule has 0 saturated carbocycles. The number of carbonyl (C=O) groups excluding carboxylic acids is 1. The van der Waals surface area contributed by atoms with Crippen LogP contribution in [0.4, 0.5) is 4.39 Å². The molecule has 114 valence electrons.